The van der Waals surface area contributed by atoms with E-state index in [1.165, 1.54) is 48.5 Å². The Morgan fingerprint density at radius 2 is 1.19 bits per heavy atom. The van der Waals surface area contributed by atoms with Crippen molar-refractivity contribution in [2.45, 2.75) is 40.0 Å². The molecule has 0 bridgehead atoms. The van der Waals surface area contributed by atoms with E-state index in [1.807, 2.05) is 0 Å². The molecule has 0 aliphatic carbocycles. The van der Waals surface area contributed by atoms with Crippen LogP contribution in [0.25, 0.3) is 0 Å². The van der Waals surface area contributed by atoms with Crippen molar-refractivity contribution < 1.29 is 78.8 Å². The van der Waals surface area contributed by atoms with Crippen molar-refractivity contribution >= 4 is 17.6 Å². The zero-order valence-electron chi connectivity index (χ0n) is 25.4. The van der Waals surface area contributed by atoms with E-state index in [9.17, 15) is 18.0 Å². The predicted octanol–water partition coefficient (Wildman–Crippen LogP) is 3.45. The van der Waals surface area contributed by atoms with Gasteiger partial charge in [0.05, 0.1) is 19.6 Å². The molecule has 0 amide bonds. The third kappa shape index (κ3) is 20.4. The number of alkyl halides is 1. The number of aromatic hydroxyl groups is 1. The number of halogens is 4. The molecule has 230 valence electrons. The van der Waals surface area contributed by atoms with Crippen LogP contribution in [0.1, 0.15) is 37.4 Å². The second kappa shape index (κ2) is 25.1. The molecule has 0 unspecified atom stereocenters. The molecule has 0 saturated heterocycles. The van der Waals surface area contributed by atoms with Crippen LogP contribution in [0, 0.1) is 38.2 Å². The van der Waals surface area contributed by atoms with E-state index in [1.54, 1.807) is 26.8 Å². The first-order valence-corrected chi connectivity index (χ1v) is 13.2. The van der Waals surface area contributed by atoms with Gasteiger partial charge >= 0.3 is 35.5 Å². The molecule has 3 aromatic carbocycles. The van der Waals surface area contributed by atoms with E-state index in [0.717, 1.165) is 5.56 Å². The molecule has 0 atom stereocenters. The molecule has 12 heteroatoms. The van der Waals surface area contributed by atoms with Gasteiger partial charge in [-0.1, -0.05) is 0 Å². The molecule has 4 N–H and O–H groups in total. The largest absolute Gasteiger partial charge is 1.00 e. The van der Waals surface area contributed by atoms with Crippen molar-refractivity contribution in [3.63, 3.8) is 0 Å². The third-order valence-electron chi connectivity index (χ3n) is 4.86. The normalized spacial score (nSPS) is 9.45. The van der Waals surface area contributed by atoms with Crippen LogP contribution in [0.5, 0.6) is 17.2 Å². The van der Waals surface area contributed by atoms with Gasteiger partial charge in [-0.15, -0.1) is 11.6 Å². The Morgan fingerprint density at radius 1 is 0.762 bits per heavy atom. The van der Waals surface area contributed by atoms with E-state index in [2.05, 4.69) is 0 Å². The number of aryl methyl sites for hydroxylation is 3. The molecule has 0 heterocycles. The van der Waals surface area contributed by atoms with Crippen LogP contribution in [-0.4, -0.2) is 58.7 Å². The fourth-order valence-corrected chi connectivity index (χ4v) is 2.84. The second-order valence-electron chi connectivity index (χ2n) is 8.43. The van der Waals surface area contributed by atoms with Gasteiger partial charge in [0, 0.05) is 25.5 Å². The Bertz CT molecular complexity index is 1170. The van der Waals surface area contributed by atoms with Gasteiger partial charge in [0.15, 0.2) is 0 Å². The maximum Gasteiger partial charge on any atom is 1.00 e. The van der Waals surface area contributed by atoms with Crippen LogP contribution >= 0.6 is 11.6 Å². The van der Waals surface area contributed by atoms with Gasteiger partial charge in [-0.2, -0.15) is 0 Å². The zero-order chi connectivity index (χ0) is 31.2. The SMILES string of the molecule is Cc1cc(F)ccc1O.Cc1cc(F)ccc1OCCC(=O)O.Cc1cc(F)ccc1OCCCO.OCCCCl.[H-].[Na+]. The monoisotopic (exact) mass is 626 g/mol. The summed E-state index contributed by atoms with van der Waals surface area (Å²) in [5, 5.41) is 33.7. The standard InChI is InChI=1S/C10H11FO3.C10H13FO2.C7H7FO.C3H7ClO.Na.H/c1-7-6-8(11)2-3-9(7)14-5-4-10(12)13;1-8-7-9(11)3-4-10(8)13-6-2-5-12;1-5-4-6(8)2-3-7(5)9;4-2-1-3-5;;/h2-3,6H,4-5H2,1H3,(H,12,13);3-4,7,12H,2,5-6H2,1H3;2-4,9H,1H3;5H,1-3H2;;/q;;;;+1;-1. The van der Waals surface area contributed by atoms with Gasteiger partial charge < -0.3 is 31.3 Å². The number of aliphatic carboxylic acids is 1. The number of phenolic OH excluding ortho intramolecular Hbond substituents is 1. The van der Waals surface area contributed by atoms with Gasteiger partial charge in [0.2, 0.25) is 0 Å². The van der Waals surface area contributed by atoms with E-state index in [4.69, 9.17) is 41.5 Å². The number of carboxylic acid groups (broad SMARTS) is 1. The number of hydrogen-bond donors (Lipinski definition) is 4. The van der Waals surface area contributed by atoms with Crippen LogP contribution in [0.4, 0.5) is 13.2 Å². The summed E-state index contributed by atoms with van der Waals surface area (Å²) < 4.78 is 48.0. The first-order valence-electron chi connectivity index (χ1n) is 12.7. The average Bonchev–Trinajstić information content (AvgIpc) is 2.90. The Hall–Kier alpha value is -2.47. The summed E-state index contributed by atoms with van der Waals surface area (Å²) in [5.74, 6) is 0.0882. The third-order valence-corrected chi connectivity index (χ3v) is 5.13. The van der Waals surface area contributed by atoms with Crippen LogP contribution in [0.3, 0.4) is 0 Å². The maximum absolute atomic E-state index is 12.6. The number of aliphatic hydroxyl groups is 2. The van der Waals surface area contributed by atoms with E-state index in [-0.39, 0.29) is 80.4 Å². The molecule has 0 fully saturated rings. The van der Waals surface area contributed by atoms with Crippen LogP contribution in [-0.2, 0) is 4.79 Å². The minimum atomic E-state index is -0.912. The number of aliphatic hydroxyl groups excluding tert-OH is 2. The number of rotatable bonds is 10. The molecule has 3 rings (SSSR count). The first-order chi connectivity index (χ1) is 19.4. The Labute approximate surface area is 273 Å². The molecule has 7 nitrogen and oxygen atoms in total. The minimum Gasteiger partial charge on any atom is -1.00 e. The summed E-state index contributed by atoms with van der Waals surface area (Å²) in [6, 6.07) is 12.4. The molecule has 3 aromatic rings. The Balaban J connectivity index is -0.000000514. The summed E-state index contributed by atoms with van der Waals surface area (Å²) in [6.07, 6.45) is 1.25. The number of benzene rings is 3. The fourth-order valence-electron chi connectivity index (χ4n) is 2.72. The van der Waals surface area contributed by atoms with Gasteiger partial charge in [0.25, 0.3) is 0 Å². The van der Waals surface area contributed by atoms with Gasteiger partial charge in [-0.05, 0) is 98.5 Å². The van der Waals surface area contributed by atoms with E-state index in [0.29, 0.717) is 48.0 Å². The summed E-state index contributed by atoms with van der Waals surface area (Å²) in [4.78, 5) is 10.2. The number of carboxylic acids is 1. The zero-order valence-corrected chi connectivity index (χ0v) is 27.1. The summed E-state index contributed by atoms with van der Waals surface area (Å²) in [7, 11) is 0. The molecule has 0 saturated carbocycles. The average molecular weight is 627 g/mol. The molecule has 0 radical (unpaired) electrons. The second-order valence-corrected chi connectivity index (χ2v) is 8.81. The summed E-state index contributed by atoms with van der Waals surface area (Å²) in [6.45, 7) is 6.03. The number of phenols is 1. The molecule has 0 aliphatic heterocycles. The molecule has 0 aromatic heterocycles. The van der Waals surface area contributed by atoms with Crippen molar-refractivity contribution in [2.75, 3.05) is 32.3 Å². The minimum absolute atomic E-state index is 0. The molecular formula is C30H39ClF3NaO7. The van der Waals surface area contributed by atoms with Gasteiger partial charge in [-0.3, -0.25) is 4.79 Å². The predicted molar refractivity (Wildman–Crippen MR) is 154 cm³/mol. The summed E-state index contributed by atoms with van der Waals surface area (Å²) >= 11 is 5.14. The molecule has 42 heavy (non-hydrogen) atoms. The Kier molecular flexibility index (Phi) is 24.9. The molecular weight excluding hydrogens is 588 g/mol. The van der Waals surface area contributed by atoms with Crippen LogP contribution < -0.4 is 39.0 Å². The number of ether oxygens (including phenoxy) is 2. The van der Waals surface area contributed by atoms with E-state index >= 15 is 0 Å². The Morgan fingerprint density at radius 3 is 1.52 bits per heavy atom. The van der Waals surface area contributed by atoms with Crippen molar-refractivity contribution in [2.24, 2.45) is 0 Å². The summed E-state index contributed by atoms with van der Waals surface area (Å²) in [5.41, 5.74) is 2.00. The van der Waals surface area contributed by atoms with Crippen molar-refractivity contribution in [1.29, 1.82) is 0 Å². The number of carbonyl (C=O) groups is 1. The van der Waals surface area contributed by atoms with Gasteiger partial charge in [0.1, 0.15) is 34.7 Å². The number of hydrogen-bond acceptors (Lipinski definition) is 6. The fraction of sp³-hybridized carbons (Fsp3) is 0.367. The quantitative estimate of drug-likeness (QED) is 0.155. The first kappa shape index (κ1) is 41.7. The van der Waals surface area contributed by atoms with Crippen molar-refractivity contribution in [3.8, 4) is 17.2 Å². The van der Waals surface area contributed by atoms with Crippen LogP contribution in [0.15, 0.2) is 54.6 Å². The smallest absolute Gasteiger partial charge is 1.00 e. The van der Waals surface area contributed by atoms with Gasteiger partial charge in [-0.25, -0.2) is 13.2 Å². The molecule has 0 aliphatic rings. The van der Waals surface area contributed by atoms with Crippen molar-refractivity contribution in [1.82, 2.24) is 0 Å². The molecule has 0 spiro atoms. The maximum atomic E-state index is 12.6. The topological polar surface area (TPSA) is 116 Å². The van der Waals surface area contributed by atoms with E-state index < -0.39 is 5.97 Å². The van der Waals surface area contributed by atoms with Crippen LogP contribution in [0.2, 0.25) is 0 Å². The van der Waals surface area contributed by atoms with Crippen molar-refractivity contribution in [3.05, 3.63) is 88.7 Å².